The summed E-state index contributed by atoms with van der Waals surface area (Å²) in [5, 5.41) is -0.700. The van der Waals surface area contributed by atoms with Crippen LogP contribution in [0.25, 0.3) is 0 Å². The molecule has 0 N–H and O–H groups in total. The molecule has 19 heavy (non-hydrogen) atoms. The summed E-state index contributed by atoms with van der Waals surface area (Å²) in [6, 6.07) is 2.11. The van der Waals surface area contributed by atoms with E-state index >= 15 is 0 Å². The molecular formula is C11H12Cl2FNO3S. The summed E-state index contributed by atoms with van der Waals surface area (Å²) in [6.07, 6.45) is 0.601. The summed E-state index contributed by atoms with van der Waals surface area (Å²) in [4.78, 5) is -0.287. The van der Waals surface area contributed by atoms with Crippen LogP contribution in [0.1, 0.15) is 6.42 Å². The molecule has 1 aromatic carbocycles. The third kappa shape index (κ3) is 2.73. The Morgan fingerprint density at radius 2 is 2.11 bits per heavy atom. The largest absolute Gasteiger partial charge is 0.380 e. The molecule has 0 amide bonds. The van der Waals surface area contributed by atoms with E-state index in [2.05, 4.69) is 0 Å². The first kappa shape index (κ1) is 15.0. The quantitative estimate of drug-likeness (QED) is 0.801. The van der Waals surface area contributed by atoms with Crippen LogP contribution in [0.5, 0.6) is 0 Å². The van der Waals surface area contributed by atoms with Crippen molar-refractivity contribution in [3.8, 4) is 0 Å². The lowest BCUT2D eigenvalue weighted by Gasteiger charge is -2.23. The minimum Gasteiger partial charge on any atom is -0.380 e. The molecule has 0 unspecified atom stereocenters. The van der Waals surface area contributed by atoms with Gasteiger partial charge in [0.2, 0.25) is 10.0 Å². The number of sulfonamides is 1. The van der Waals surface area contributed by atoms with Gasteiger partial charge in [-0.05, 0) is 18.6 Å². The first-order valence-electron chi connectivity index (χ1n) is 5.55. The van der Waals surface area contributed by atoms with Crippen LogP contribution in [0.15, 0.2) is 17.0 Å². The number of likely N-dealkylation sites (N-methyl/N-ethyl adjacent to an activating group) is 1. The van der Waals surface area contributed by atoms with Gasteiger partial charge in [-0.3, -0.25) is 0 Å². The Morgan fingerprint density at radius 3 is 2.68 bits per heavy atom. The van der Waals surface area contributed by atoms with Gasteiger partial charge in [0.1, 0.15) is 4.90 Å². The molecule has 1 heterocycles. The zero-order valence-electron chi connectivity index (χ0n) is 10.1. The van der Waals surface area contributed by atoms with Gasteiger partial charge >= 0.3 is 0 Å². The van der Waals surface area contributed by atoms with E-state index in [1.165, 1.54) is 19.2 Å². The van der Waals surface area contributed by atoms with Gasteiger partial charge in [0.15, 0.2) is 5.82 Å². The van der Waals surface area contributed by atoms with Crippen molar-refractivity contribution in [1.82, 2.24) is 4.31 Å². The number of ether oxygens (including phenoxy) is 1. The molecule has 106 valence electrons. The molecule has 1 aliphatic heterocycles. The zero-order chi connectivity index (χ0) is 14.2. The van der Waals surface area contributed by atoms with Crippen LogP contribution >= 0.6 is 23.2 Å². The topological polar surface area (TPSA) is 46.6 Å². The molecule has 1 fully saturated rings. The van der Waals surface area contributed by atoms with Gasteiger partial charge in [0.25, 0.3) is 0 Å². The first-order chi connectivity index (χ1) is 8.85. The minimum absolute atomic E-state index is 0.212. The van der Waals surface area contributed by atoms with E-state index in [-0.39, 0.29) is 16.0 Å². The molecule has 0 aliphatic carbocycles. The average molecular weight is 328 g/mol. The molecule has 2 rings (SSSR count). The normalized spacial score (nSPS) is 20.2. The number of benzene rings is 1. The van der Waals surface area contributed by atoms with Gasteiger partial charge in [-0.2, -0.15) is 4.31 Å². The van der Waals surface area contributed by atoms with Crippen molar-refractivity contribution in [1.29, 1.82) is 0 Å². The van der Waals surface area contributed by atoms with E-state index in [1.807, 2.05) is 0 Å². The van der Waals surface area contributed by atoms with Crippen molar-refractivity contribution in [2.45, 2.75) is 17.4 Å². The van der Waals surface area contributed by atoms with Crippen molar-refractivity contribution in [2.24, 2.45) is 0 Å². The third-order valence-electron chi connectivity index (χ3n) is 3.08. The highest BCUT2D eigenvalue weighted by molar-refractivity contribution is 7.89. The van der Waals surface area contributed by atoms with E-state index in [0.717, 1.165) is 4.31 Å². The van der Waals surface area contributed by atoms with Gasteiger partial charge in [-0.15, -0.1) is 0 Å². The van der Waals surface area contributed by atoms with Crippen molar-refractivity contribution in [3.63, 3.8) is 0 Å². The van der Waals surface area contributed by atoms with Crippen LogP contribution in [0, 0.1) is 5.82 Å². The summed E-state index contributed by atoms with van der Waals surface area (Å²) in [5.74, 6) is -0.930. The highest BCUT2D eigenvalue weighted by Gasteiger charge is 2.33. The van der Waals surface area contributed by atoms with Crippen molar-refractivity contribution >= 4 is 33.2 Å². The minimum atomic E-state index is -3.87. The highest BCUT2D eigenvalue weighted by Crippen LogP contribution is 2.32. The molecule has 4 nitrogen and oxygen atoms in total. The van der Waals surface area contributed by atoms with Crippen LogP contribution < -0.4 is 0 Å². The molecular weight excluding hydrogens is 316 g/mol. The zero-order valence-corrected chi connectivity index (χ0v) is 12.4. The van der Waals surface area contributed by atoms with Gasteiger partial charge < -0.3 is 4.74 Å². The second-order valence-corrected chi connectivity index (χ2v) is 6.96. The van der Waals surface area contributed by atoms with Crippen LogP contribution in [0.2, 0.25) is 10.0 Å². The van der Waals surface area contributed by atoms with Gasteiger partial charge in [0.05, 0.1) is 22.7 Å². The number of hydrogen-bond acceptors (Lipinski definition) is 3. The smallest absolute Gasteiger partial charge is 0.244 e. The second kappa shape index (κ2) is 5.54. The Kier molecular flexibility index (Phi) is 4.37. The molecule has 1 aliphatic rings. The number of halogens is 3. The first-order valence-corrected chi connectivity index (χ1v) is 7.74. The van der Waals surface area contributed by atoms with Gasteiger partial charge in [-0.1, -0.05) is 23.2 Å². The van der Waals surface area contributed by atoms with Crippen LogP contribution in [0.4, 0.5) is 4.39 Å². The highest BCUT2D eigenvalue weighted by atomic mass is 35.5. The molecule has 0 saturated carbocycles. The molecule has 0 bridgehead atoms. The lowest BCUT2D eigenvalue weighted by Crippen LogP contribution is -2.37. The standard InChI is InChI=1S/C11H12Cl2FNO3S/c1-15(7-4-5-18-6-7)19(16,17)9-3-2-8(12)11(14)10(9)13/h2-3,7H,4-6H2,1H3/t7-/m1/s1. The number of nitrogens with zero attached hydrogens (tertiary/aromatic N) is 1. The third-order valence-corrected chi connectivity index (χ3v) is 5.80. The predicted octanol–water partition coefficient (Wildman–Crippen LogP) is 2.54. The maximum absolute atomic E-state index is 13.6. The van der Waals surface area contributed by atoms with Crippen LogP contribution in [0.3, 0.4) is 0 Å². The van der Waals surface area contributed by atoms with E-state index in [1.54, 1.807) is 0 Å². The number of rotatable bonds is 3. The fourth-order valence-electron chi connectivity index (χ4n) is 1.87. The maximum atomic E-state index is 13.6. The summed E-state index contributed by atoms with van der Waals surface area (Å²) >= 11 is 11.3. The van der Waals surface area contributed by atoms with E-state index in [4.69, 9.17) is 27.9 Å². The predicted molar refractivity (Wildman–Crippen MR) is 70.6 cm³/mol. The van der Waals surface area contributed by atoms with E-state index in [9.17, 15) is 12.8 Å². The Morgan fingerprint density at radius 1 is 1.42 bits per heavy atom. The van der Waals surface area contributed by atoms with E-state index < -0.39 is 20.9 Å². The summed E-state index contributed by atoms with van der Waals surface area (Å²) in [5.41, 5.74) is 0. The van der Waals surface area contributed by atoms with Crippen molar-refractivity contribution in [2.75, 3.05) is 20.3 Å². The molecule has 8 heteroatoms. The van der Waals surface area contributed by atoms with Crippen LogP contribution in [-0.4, -0.2) is 39.0 Å². The Bertz CT molecular complexity index is 588. The summed E-state index contributed by atoms with van der Waals surface area (Å²) in [7, 11) is -2.44. The second-order valence-electron chi connectivity index (χ2n) is 4.21. The fourth-order valence-corrected chi connectivity index (χ4v) is 3.96. The van der Waals surface area contributed by atoms with Crippen molar-refractivity contribution < 1.29 is 17.5 Å². The molecule has 1 atom stereocenters. The molecule has 0 spiro atoms. The molecule has 1 aromatic rings. The molecule has 1 saturated heterocycles. The van der Waals surface area contributed by atoms with Gasteiger partial charge in [0, 0.05) is 13.7 Å². The molecule has 0 aromatic heterocycles. The Labute approximate surface area is 121 Å². The van der Waals surface area contributed by atoms with Gasteiger partial charge in [-0.25, -0.2) is 12.8 Å². The SMILES string of the molecule is CN([C@@H]1CCOC1)S(=O)(=O)c1ccc(Cl)c(F)c1Cl. The Hall–Kier alpha value is -0.400. The summed E-state index contributed by atoms with van der Waals surface area (Å²) < 4.78 is 44.7. The van der Waals surface area contributed by atoms with E-state index in [0.29, 0.717) is 19.6 Å². The van der Waals surface area contributed by atoms with Crippen LogP contribution in [-0.2, 0) is 14.8 Å². The lowest BCUT2D eigenvalue weighted by molar-refractivity contribution is 0.181. The maximum Gasteiger partial charge on any atom is 0.244 e. The average Bonchev–Trinajstić information content (AvgIpc) is 2.88. The monoisotopic (exact) mass is 327 g/mol. The lowest BCUT2D eigenvalue weighted by atomic mass is 10.3. The Balaban J connectivity index is 2.42. The summed E-state index contributed by atoms with van der Waals surface area (Å²) in [6.45, 7) is 0.830. The van der Waals surface area contributed by atoms with Crippen molar-refractivity contribution in [3.05, 3.63) is 28.0 Å². The molecule has 0 radical (unpaired) electrons. The fraction of sp³-hybridized carbons (Fsp3) is 0.455. The number of hydrogen-bond donors (Lipinski definition) is 0.